The lowest BCUT2D eigenvalue weighted by atomic mass is 10.1. The lowest BCUT2D eigenvalue weighted by Crippen LogP contribution is -2.09. The van der Waals surface area contributed by atoms with E-state index in [1.54, 1.807) is 0 Å². The first-order valence-corrected chi connectivity index (χ1v) is 4.95. The van der Waals surface area contributed by atoms with Crippen molar-refractivity contribution < 1.29 is 4.39 Å². The number of halogens is 1. The Morgan fingerprint density at radius 1 is 1.43 bits per heavy atom. The molecule has 0 atom stereocenters. The Morgan fingerprint density at radius 2 is 2.14 bits per heavy atom. The Bertz CT molecular complexity index is 334. The van der Waals surface area contributed by atoms with E-state index in [9.17, 15) is 4.39 Å². The summed E-state index contributed by atoms with van der Waals surface area (Å²) in [5.74, 6) is 0.151. The van der Waals surface area contributed by atoms with E-state index in [4.69, 9.17) is 0 Å². The monoisotopic (exact) mass is 195 g/mol. The summed E-state index contributed by atoms with van der Waals surface area (Å²) in [5, 5.41) is 3.05. The van der Waals surface area contributed by atoms with Gasteiger partial charge in [0.1, 0.15) is 6.33 Å². The summed E-state index contributed by atoms with van der Waals surface area (Å²) in [4.78, 5) is 7.84. The van der Waals surface area contributed by atoms with Gasteiger partial charge in [-0.15, -0.1) is 0 Å². The van der Waals surface area contributed by atoms with Crippen LogP contribution in [-0.4, -0.2) is 16.0 Å². The summed E-state index contributed by atoms with van der Waals surface area (Å²) < 4.78 is 13.7. The second kappa shape index (κ2) is 3.52. The molecular formula is C10H14FN3. The van der Waals surface area contributed by atoms with Gasteiger partial charge in [-0.1, -0.05) is 13.8 Å². The molecule has 1 saturated carbocycles. The third kappa shape index (κ3) is 1.84. The Balaban J connectivity index is 2.25. The average Bonchev–Trinajstić information content (AvgIpc) is 2.92. The third-order valence-corrected chi connectivity index (χ3v) is 2.28. The molecule has 76 valence electrons. The van der Waals surface area contributed by atoms with Crippen molar-refractivity contribution >= 4 is 5.82 Å². The summed E-state index contributed by atoms with van der Waals surface area (Å²) >= 11 is 0. The minimum absolute atomic E-state index is 0.0951. The minimum atomic E-state index is -0.297. The zero-order chi connectivity index (χ0) is 10.1. The molecular weight excluding hydrogens is 181 g/mol. The van der Waals surface area contributed by atoms with Crippen molar-refractivity contribution in [3.05, 3.63) is 17.8 Å². The van der Waals surface area contributed by atoms with Crippen molar-refractivity contribution in [2.24, 2.45) is 0 Å². The van der Waals surface area contributed by atoms with Gasteiger partial charge in [0, 0.05) is 6.04 Å². The highest BCUT2D eigenvalue weighted by atomic mass is 19.1. The molecule has 1 aromatic rings. The molecule has 0 amide bonds. The van der Waals surface area contributed by atoms with E-state index in [0.29, 0.717) is 17.6 Å². The van der Waals surface area contributed by atoms with Gasteiger partial charge in [-0.2, -0.15) is 0 Å². The second-order valence-electron chi connectivity index (χ2n) is 3.99. The fraction of sp³-hybridized carbons (Fsp3) is 0.600. The van der Waals surface area contributed by atoms with Crippen LogP contribution in [-0.2, 0) is 0 Å². The normalized spacial score (nSPS) is 16.0. The Hall–Kier alpha value is -1.19. The summed E-state index contributed by atoms with van der Waals surface area (Å²) in [6.07, 6.45) is 3.64. The summed E-state index contributed by atoms with van der Waals surface area (Å²) in [7, 11) is 0. The number of nitrogens with zero attached hydrogens (tertiary/aromatic N) is 2. The van der Waals surface area contributed by atoms with Crippen molar-refractivity contribution in [3.8, 4) is 0 Å². The highest BCUT2D eigenvalue weighted by Crippen LogP contribution is 2.26. The van der Waals surface area contributed by atoms with Crippen molar-refractivity contribution in [2.75, 3.05) is 5.32 Å². The molecule has 2 rings (SSSR count). The molecule has 14 heavy (non-hydrogen) atoms. The molecule has 0 radical (unpaired) electrons. The fourth-order valence-electron chi connectivity index (χ4n) is 1.31. The Morgan fingerprint density at radius 3 is 2.71 bits per heavy atom. The molecule has 1 heterocycles. The maximum atomic E-state index is 13.7. The van der Waals surface area contributed by atoms with Crippen LogP contribution in [0, 0.1) is 5.82 Å². The van der Waals surface area contributed by atoms with Gasteiger partial charge in [-0.05, 0) is 18.8 Å². The molecule has 1 N–H and O–H groups in total. The number of nitrogens with one attached hydrogen (secondary N) is 1. The summed E-state index contributed by atoms with van der Waals surface area (Å²) in [6.45, 7) is 3.85. The van der Waals surface area contributed by atoms with Gasteiger partial charge in [-0.25, -0.2) is 14.4 Å². The van der Waals surface area contributed by atoms with Crippen LogP contribution in [0.5, 0.6) is 0 Å². The van der Waals surface area contributed by atoms with Gasteiger partial charge in [0.15, 0.2) is 11.6 Å². The van der Waals surface area contributed by atoms with Crippen LogP contribution in [0.3, 0.4) is 0 Å². The zero-order valence-corrected chi connectivity index (χ0v) is 8.42. The molecule has 1 aliphatic carbocycles. The van der Waals surface area contributed by atoms with Crippen molar-refractivity contribution in [1.82, 2.24) is 9.97 Å². The maximum Gasteiger partial charge on any atom is 0.187 e. The van der Waals surface area contributed by atoms with Crippen LogP contribution >= 0.6 is 0 Å². The largest absolute Gasteiger partial charge is 0.365 e. The smallest absolute Gasteiger partial charge is 0.187 e. The van der Waals surface area contributed by atoms with Crippen LogP contribution in [0.2, 0.25) is 0 Å². The van der Waals surface area contributed by atoms with Gasteiger partial charge < -0.3 is 5.32 Å². The Labute approximate surface area is 82.8 Å². The minimum Gasteiger partial charge on any atom is -0.365 e. The number of aromatic nitrogens is 2. The van der Waals surface area contributed by atoms with Crippen LogP contribution in [0.1, 0.15) is 38.3 Å². The fourth-order valence-corrected chi connectivity index (χ4v) is 1.31. The average molecular weight is 195 g/mol. The predicted octanol–water partition coefficient (Wildman–Crippen LogP) is 2.31. The van der Waals surface area contributed by atoms with E-state index in [1.807, 2.05) is 13.8 Å². The molecule has 3 nitrogen and oxygen atoms in total. The number of anilines is 1. The molecule has 4 heteroatoms. The summed E-state index contributed by atoms with van der Waals surface area (Å²) in [5.41, 5.74) is 0.489. The number of rotatable bonds is 3. The molecule has 0 aliphatic heterocycles. The van der Waals surface area contributed by atoms with E-state index in [0.717, 1.165) is 12.8 Å². The molecule has 0 aromatic carbocycles. The lowest BCUT2D eigenvalue weighted by Gasteiger charge is -2.09. The standard InChI is InChI=1S/C10H14FN3/c1-6(2)9-8(11)10(13-5-12-9)14-7-3-4-7/h5-7H,3-4H2,1-2H3,(H,12,13,14). The highest BCUT2D eigenvalue weighted by molar-refractivity contribution is 5.40. The lowest BCUT2D eigenvalue weighted by molar-refractivity contribution is 0.579. The van der Waals surface area contributed by atoms with Gasteiger partial charge in [-0.3, -0.25) is 0 Å². The first-order chi connectivity index (χ1) is 6.68. The number of hydrogen-bond acceptors (Lipinski definition) is 3. The van der Waals surface area contributed by atoms with Crippen LogP contribution in [0.4, 0.5) is 10.2 Å². The highest BCUT2D eigenvalue weighted by Gasteiger charge is 2.24. The number of hydrogen-bond donors (Lipinski definition) is 1. The van der Waals surface area contributed by atoms with Gasteiger partial charge >= 0.3 is 0 Å². The van der Waals surface area contributed by atoms with Crippen LogP contribution in [0.15, 0.2) is 6.33 Å². The summed E-state index contributed by atoms with van der Waals surface area (Å²) in [6, 6.07) is 0.416. The second-order valence-corrected chi connectivity index (χ2v) is 3.99. The first-order valence-electron chi connectivity index (χ1n) is 4.95. The quantitative estimate of drug-likeness (QED) is 0.804. The molecule has 1 aliphatic rings. The molecule has 0 saturated heterocycles. The van der Waals surface area contributed by atoms with Gasteiger partial charge in [0.05, 0.1) is 5.69 Å². The molecule has 1 fully saturated rings. The SMILES string of the molecule is CC(C)c1ncnc(NC2CC2)c1F. The van der Waals surface area contributed by atoms with E-state index in [-0.39, 0.29) is 11.7 Å². The van der Waals surface area contributed by atoms with Crippen LogP contribution in [0.25, 0.3) is 0 Å². The van der Waals surface area contributed by atoms with Crippen LogP contribution < -0.4 is 5.32 Å². The third-order valence-electron chi connectivity index (χ3n) is 2.28. The molecule has 0 bridgehead atoms. The van der Waals surface area contributed by atoms with E-state index >= 15 is 0 Å². The topological polar surface area (TPSA) is 37.8 Å². The zero-order valence-electron chi connectivity index (χ0n) is 8.42. The predicted molar refractivity (Wildman–Crippen MR) is 52.7 cm³/mol. The molecule has 0 unspecified atom stereocenters. The maximum absolute atomic E-state index is 13.7. The van der Waals surface area contributed by atoms with E-state index < -0.39 is 0 Å². The molecule has 1 aromatic heterocycles. The van der Waals surface area contributed by atoms with Crippen molar-refractivity contribution in [2.45, 2.75) is 38.6 Å². The Kier molecular flexibility index (Phi) is 2.35. The first kappa shape index (κ1) is 9.37. The van der Waals surface area contributed by atoms with Gasteiger partial charge in [0.2, 0.25) is 0 Å². The van der Waals surface area contributed by atoms with Crippen molar-refractivity contribution in [3.63, 3.8) is 0 Å². The van der Waals surface area contributed by atoms with E-state index in [1.165, 1.54) is 6.33 Å². The molecule has 0 spiro atoms. The van der Waals surface area contributed by atoms with E-state index in [2.05, 4.69) is 15.3 Å². The van der Waals surface area contributed by atoms with Gasteiger partial charge in [0.25, 0.3) is 0 Å². The van der Waals surface area contributed by atoms with Crippen molar-refractivity contribution in [1.29, 1.82) is 0 Å².